The number of aromatic amines is 1. The van der Waals surface area contributed by atoms with Gasteiger partial charge in [-0.05, 0) is 42.7 Å². The van der Waals surface area contributed by atoms with Gasteiger partial charge in [-0.2, -0.15) is 5.10 Å². The fraction of sp³-hybridized carbons (Fsp3) is 0.217. The van der Waals surface area contributed by atoms with Crippen molar-refractivity contribution in [3.05, 3.63) is 61.1 Å². The number of rotatable bonds is 5. The highest BCUT2D eigenvalue weighted by Crippen LogP contribution is 2.30. The summed E-state index contributed by atoms with van der Waals surface area (Å²) in [6.45, 7) is 6.09. The van der Waals surface area contributed by atoms with E-state index in [0.717, 1.165) is 38.8 Å². The molecule has 0 atom stereocenters. The second-order valence-electron chi connectivity index (χ2n) is 7.24. The van der Waals surface area contributed by atoms with Crippen molar-refractivity contribution in [2.75, 3.05) is 5.32 Å². The van der Waals surface area contributed by atoms with Gasteiger partial charge in [-0.25, -0.2) is 0 Å². The SMILES string of the molecule is CCC(=O)Nc1c[nH]c2ccc(-c3ccc(-c4cnn(C(C)C)c4)cc3)cc12. The molecule has 0 spiro atoms. The van der Waals surface area contributed by atoms with E-state index in [1.54, 1.807) is 0 Å². The molecule has 4 aromatic rings. The van der Waals surface area contributed by atoms with E-state index < -0.39 is 0 Å². The van der Waals surface area contributed by atoms with Crippen LogP contribution in [0.25, 0.3) is 33.2 Å². The number of benzene rings is 2. The summed E-state index contributed by atoms with van der Waals surface area (Å²) in [7, 11) is 0. The molecule has 0 fully saturated rings. The highest BCUT2D eigenvalue weighted by Gasteiger charge is 2.09. The van der Waals surface area contributed by atoms with Crippen molar-refractivity contribution in [1.29, 1.82) is 0 Å². The zero-order valence-corrected chi connectivity index (χ0v) is 16.4. The van der Waals surface area contributed by atoms with Crippen LogP contribution in [0, 0.1) is 0 Å². The molecule has 28 heavy (non-hydrogen) atoms. The van der Waals surface area contributed by atoms with Crippen LogP contribution in [0.15, 0.2) is 61.1 Å². The highest BCUT2D eigenvalue weighted by molar-refractivity contribution is 6.02. The molecule has 2 aromatic carbocycles. The summed E-state index contributed by atoms with van der Waals surface area (Å²) < 4.78 is 1.97. The third-order valence-corrected chi connectivity index (χ3v) is 4.96. The van der Waals surface area contributed by atoms with E-state index in [0.29, 0.717) is 12.5 Å². The van der Waals surface area contributed by atoms with Crippen molar-refractivity contribution >= 4 is 22.5 Å². The molecule has 1 amide bonds. The maximum atomic E-state index is 11.8. The third-order valence-electron chi connectivity index (χ3n) is 4.96. The predicted octanol–water partition coefficient (Wildman–Crippen LogP) is 5.63. The van der Waals surface area contributed by atoms with Crippen LogP contribution < -0.4 is 5.32 Å². The summed E-state index contributed by atoms with van der Waals surface area (Å²) in [6.07, 6.45) is 6.29. The van der Waals surface area contributed by atoms with Crippen molar-refractivity contribution in [3.63, 3.8) is 0 Å². The minimum atomic E-state index is 0.0117. The number of hydrogen-bond acceptors (Lipinski definition) is 2. The molecule has 0 aliphatic heterocycles. The number of nitrogens with one attached hydrogen (secondary N) is 2. The van der Waals surface area contributed by atoms with Gasteiger partial charge >= 0.3 is 0 Å². The molecule has 0 saturated heterocycles. The topological polar surface area (TPSA) is 62.7 Å². The van der Waals surface area contributed by atoms with Gasteiger partial charge < -0.3 is 10.3 Å². The van der Waals surface area contributed by atoms with Crippen molar-refractivity contribution in [2.45, 2.75) is 33.2 Å². The van der Waals surface area contributed by atoms with Gasteiger partial charge in [0.2, 0.25) is 5.91 Å². The van der Waals surface area contributed by atoms with Gasteiger partial charge in [0.15, 0.2) is 0 Å². The minimum Gasteiger partial charge on any atom is -0.359 e. The first-order valence-corrected chi connectivity index (χ1v) is 9.61. The minimum absolute atomic E-state index is 0.0117. The van der Waals surface area contributed by atoms with Gasteiger partial charge in [-0.1, -0.05) is 37.3 Å². The summed E-state index contributed by atoms with van der Waals surface area (Å²) >= 11 is 0. The molecule has 0 bridgehead atoms. The lowest BCUT2D eigenvalue weighted by Gasteiger charge is -2.06. The largest absolute Gasteiger partial charge is 0.359 e. The Balaban J connectivity index is 1.64. The molecule has 0 unspecified atom stereocenters. The fourth-order valence-corrected chi connectivity index (χ4v) is 3.27. The van der Waals surface area contributed by atoms with Crippen molar-refractivity contribution in [3.8, 4) is 22.3 Å². The monoisotopic (exact) mass is 372 g/mol. The van der Waals surface area contributed by atoms with Gasteiger partial charge in [0.25, 0.3) is 0 Å². The van der Waals surface area contributed by atoms with E-state index >= 15 is 0 Å². The molecule has 0 aliphatic carbocycles. The number of H-pyrrole nitrogens is 1. The molecular formula is C23H24N4O. The summed E-state index contributed by atoms with van der Waals surface area (Å²) in [4.78, 5) is 15.0. The first-order chi connectivity index (χ1) is 13.5. The van der Waals surface area contributed by atoms with Crippen LogP contribution >= 0.6 is 0 Å². The van der Waals surface area contributed by atoms with Crippen molar-refractivity contribution in [2.24, 2.45) is 0 Å². The molecule has 2 N–H and O–H groups in total. The molecule has 0 aliphatic rings. The molecule has 0 radical (unpaired) electrons. The van der Waals surface area contributed by atoms with Gasteiger partial charge in [-0.3, -0.25) is 9.48 Å². The lowest BCUT2D eigenvalue weighted by Crippen LogP contribution is -2.08. The first-order valence-electron chi connectivity index (χ1n) is 9.61. The zero-order valence-electron chi connectivity index (χ0n) is 16.4. The van der Waals surface area contributed by atoms with Gasteiger partial charge in [0, 0.05) is 41.3 Å². The van der Waals surface area contributed by atoms with E-state index in [-0.39, 0.29) is 5.91 Å². The maximum Gasteiger partial charge on any atom is 0.224 e. The van der Waals surface area contributed by atoms with Crippen molar-refractivity contribution < 1.29 is 4.79 Å². The van der Waals surface area contributed by atoms with E-state index in [1.807, 2.05) is 30.1 Å². The number of amides is 1. The van der Waals surface area contributed by atoms with E-state index in [4.69, 9.17) is 0 Å². The number of carbonyl (C=O) groups is 1. The predicted molar refractivity (Wildman–Crippen MR) is 114 cm³/mol. The third kappa shape index (κ3) is 3.43. The highest BCUT2D eigenvalue weighted by atomic mass is 16.1. The summed E-state index contributed by atoms with van der Waals surface area (Å²) in [5, 5.41) is 8.39. The number of anilines is 1. The Morgan fingerprint density at radius 1 is 1.07 bits per heavy atom. The standard InChI is InChI=1S/C23H24N4O/c1-4-23(28)26-22-13-24-21-10-9-18(11-20(21)22)16-5-7-17(8-6-16)19-12-25-27(14-19)15(2)3/h5-15,24H,4H2,1-3H3,(H,26,28). The van der Waals surface area contributed by atoms with E-state index in [9.17, 15) is 4.79 Å². The summed E-state index contributed by atoms with van der Waals surface area (Å²) in [6, 6.07) is 15.1. The van der Waals surface area contributed by atoms with Crippen LogP contribution in [0.4, 0.5) is 5.69 Å². The van der Waals surface area contributed by atoms with Gasteiger partial charge in [0.05, 0.1) is 11.9 Å². The van der Waals surface area contributed by atoms with Crippen LogP contribution in [-0.2, 0) is 4.79 Å². The van der Waals surface area contributed by atoms with E-state index in [2.05, 4.69) is 71.8 Å². The summed E-state index contributed by atoms with van der Waals surface area (Å²) in [5.74, 6) is 0.0117. The molecule has 2 heterocycles. The van der Waals surface area contributed by atoms with Crippen LogP contribution in [0.1, 0.15) is 33.2 Å². The lowest BCUT2D eigenvalue weighted by atomic mass is 10.0. The Kier molecular flexibility index (Phi) is 4.74. The normalized spacial score (nSPS) is 11.3. The second-order valence-corrected chi connectivity index (χ2v) is 7.24. The zero-order chi connectivity index (χ0) is 19.7. The van der Waals surface area contributed by atoms with Crippen molar-refractivity contribution in [1.82, 2.24) is 14.8 Å². The number of nitrogens with zero attached hydrogens (tertiary/aromatic N) is 2. The van der Waals surface area contributed by atoms with Gasteiger partial charge in [-0.15, -0.1) is 0 Å². The van der Waals surface area contributed by atoms with E-state index in [1.165, 1.54) is 0 Å². The maximum absolute atomic E-state index is 11.8. The summed E-state index contributed by atoms with van der Waals surface area (Å²) in [5.41, 5.74) is 6.34. The average Bonchev–Trinajstić information content (AvgIpc) is 3.35. The lowest BCUT2D eigenvalue weighted by molar-refractivity contribution is -0.115. The molecule has 142 valence electrons. The average molecular weight is 372 g/mol. The number of aromatic nitrogens is 3. The molecule has 2 aromatic heterocycles. The van der Waals surface area contributed by atoms with Crippen LogP contribution in [0.3, 0.4) is 0 Å². The molecular weight excluding hydrogens is 348 g/mol. The second kappa shape index (κ2) is 7.35. The van der Waals surface area contributed by atoms with Gasteiger partial charge in [0.1, 0.15) is 0 Å². The van der Waals surface area contributed by atoms with Crippen LogP contribution in [0.2, 0.25) is 0 Å². The Labute approximate surface area is 164 Å². The Bertz CT molecular complexity index is 1120. The number of fused-ring (bicyclic) bond motifs is 1. The quantitative estimate of drug-likeness (QED) is 0.477. The fourth-order valence-electron chi connectivity index (χ4n) is 3.27. The Morgan fingerprint density at radius 3 is 2.39 bits per heavy atom. The molecule has 0 saturated carbocycles. The Morgan fingerprint density at radius 2 is 1.75 bits per heavy atom. The number of hydrogen-bond donors (Lipinski definition) is 2. The molecule has 5 heteroatoms. The molecule has 4 rings (SSSR count). The first kappa shape index (κ1) is 18.0. The van der Waals surface area contributed by atoms with Crippen LogP contribution in [-0.4, -0.2) is 20.7 Å². The molecule has 5 nitrogen and oxygen atoms in total. The smallest absolute Gasteiger partial charge is 0.224 e. The Hall–Kier alpha value is -3.34. The van der Waals surface area contributed by atoms with Crippen LogP contribution in [0.5, 0.6) is 0 Å². The number of carbonyl (C=O) groups excluding carboxylic acids is 1.